The molecule has 0 radical (unpaired) electrons. The molecular formula is C20H25NO12. The van der Waals surface area contributed by atoms with Gasteiger partial charge in [0.1, 0.15) is 25.0 Å². The Bertz CT molecular complexity index is 893. The Morgan fingerprint density at radius 3 is 1.94 bits per heavy atom. The van der Waals surface area contributed by atoms with Gasteiger partial charge in [-0.25, -0.2) is 0 Å². The normalized spacial score (nSPS) is 24.5. The van der Waals surface area contributed by atoms with Crippen molar-refractivity contribution in [3.63, 3.8) is 0 Å². The molecule has 0 spiro atoms. The highest BCUT2D eigenvalue weighted by Gasteiger charge is 2.52. The van der Waals surface area contributed by atoms with E-state index in [0.717, 1.165) is 20.8 Å². The van der Waals surface area contributed by atoms with Crippen LogP contribution in [0.4, 0.5) is 0 Å². The second-order valence-electron chi connectivity index (χ2n) is 7.11. The number of hydrogen-bond acceptors (Lipinski definition) is 13. The van der Waals surface area contributed by atoms with Crippen LogP contribution in [0.3, 0.4) is 0 Å². The molecule has 0 N–H and O–H groups in total. The van der Waals surface area contributed by atoms with E-state index in [2.05, 4.69) is 5.16 Å². The van der Waals surface area contributed by atoms with Crippen molar-refractivity contribution in [2.24, 2.45) is 0 Å². The molecule has 1 aromatic rings. The fraction of sp³-hybridized carbons (Fsp3) is 0.600. The first-order chi connectivity index (χ1) is 15.5. The number of esters is 4. The molecule has 2 heterocycles. The fourth-order valence-electron chi connectivity index (χ4n) is 3.03. The maximum absolute atomic E-state index is 11.8. The Balaban J connectivity index is 2.34. The van der Waals surface area contributed by atoms with Crippen LogP contribution in [0.15, 0.2) is 10.6 Å². The van der Waals surface area contributed by atoms with E-state index in [1.165, 1.54) is 19.9 Å². The topological polar surface area (TPSA) is 167 Å². The number of carbonyl (C=O) groups excluding carboxylic acids is 5. The van der Waals surface area contributed by atoms with E-state index in [1.807, 2.05) is 0 Å². The van der Waals surface area contributed by atoms with E-state index >= 15 is 0 Å². The van der Waals surface area contributed by atoms with Crippen molar-refractivity contribution >= 4 is 29.7 Å². The van der Waals surface area contributed by atoms with Gasteiger partial charge in [-0.3, -0.25) is 24.0 Å². The van der Waals surface area contributed by atoms with Crippen molar-refractivity contribution in [2.45, 2.75) is 71.9 Å². The van der Waals surface area contributed by atoms with Crippen LogP contribution >= 0.6 is 0 Å². The third-order valence-electron chi connectivity index (χ3n) is 4.26. The number of hydrogen-bond donors (Lipinski definition) is 0. The van der Waals surface area contributed by atoms with E-state index in [0.29, 0.717) is 0 Å². The van der Waals surface area contributed by atoms with Gasteiger partial charge in [-0.1, -0.05) is 5.16 Å². The molecule has 13 heteroatoms. The predicted octanol–water partition coefficient (Wildman–Crippen LogP) is 0.477. The number of nitrogens with zero attached hydrogens (tertiary/aromatic N) is 1. The molecule has 182 valence electrons. The van der Waals surface area contributed by atoms with Gasteiger partial charge in [-0.15, -0.1) is 0 Å². The van der Waals surface area contributed by atoms with E-state index in [-0.39, 0.29) is 30.5 Å². The minimum Gasteiger partial charge on any atom is -0.463 e. The van der Waals surface area contributed by atoms with Gasteiger partial charge < -0.3 is 32.9 Å². The van der Waals surface area contributed by atoms with Gasteiger partial charge in [0.2, 0.25) is 0 Å². The molecule has 13 nitrogen and oxygen atoms in total. The lowest BCUT2D eigenvalue weighted by atomic mass is 9.98. The maximum atomic E-state index is 11.8. The van der Waals surface area contributed by atoms with Crippen LogP contribution in [-0.4, -0.2) is 72.1 Å². The third-order valence-corrected chi connectivity index (χ3v) is 4.26. The summed E-state index contributed by atoms with van der Waals surface area (Å²) in [5, 5.41) is 3.59. The molecule has 2 rings (SSSR count). The van der Waals surface area contributed by atoms with Gasteiger partial charge in [0.25, 0.3) is 0 Å². The Kier molecular flexibility index (Phi) is 9.05. The lowest BCUT2D eigenvalue weighted by Crippen LogP contribution is -2.62. The second kappa shape index (κ2) is 11.5. The lowest BCUT2D eigenvalue weighted by molar-refractivity contribution is -0.311. The molecule has 1 saturated heterocycles. The summed E-state index contributed by atoms with van der Waals surface area (Å²) < 4.78 is 37.3. The largest absolute Gasteiger partial charge is 0.463 e. The Morgan fingerprint density at radius 1 is 0.848 bits per heavy atom. The summed E-state index contributed by atoms with van der Waals surface area (Å²) in [6.07, 6.45) is -6.50. The van der Waals surface area contributed by atoms with Gasteiger partial charge >= 0.3 is 23.9 Å². The zero-order valence-corrected chi connectivity index (χ0v) is 18.7. The predicted molar refractivity (Wildman–Crippen MR) is 103 cm³/mol. The smallest absolute Gasteiger partial charge is 0.303 e. The third kappa shape index (κ3) is 7.64. The first-order valence-corrected chi connectivity index (χ1v) is 9.86. The fourth-order valence-corrected chi connectivity index (χ4v) is 3.03. The number of carbonyl (C=O) groups is 5. The molecule has 1 aliphatic rings. The minimum atomic E-state index is -1.36. The van der Waals surface area contributed by atoms with Crippen LogP contribution in [0.25, 0.3) is 0 Å². The summed E-state index contributed by atoms with van der Waals surface area (Å²) >= 11 is 0. The van der Waals surface area contributed by atoms with Crippen LogP contribution in [-0.2, 0) is 54.2 Å². The zero-order chi connectivity index (χ0) is 24.7. The highest BCUT2D eigenvalue weighted by atomic mass is 16.7. The average molecular weight is 471 g/mol. The van der Waals surface area contributed by atoms with E-state index in [1.54, 1.807) is 0 Å². The summed E-state index contributed by atoms with van der Waals surface area (Å²) in [5.41, 5.74) is 0.0788. The Hall–Kier alpha value is -3.32. The molecule has 0 unspecified atom stereocenters. The summed E-state index contributed by atoms with van der Waals surface area (Å²) in [5.74, 6) is -3.06. The van der Waals surface area contributed by atoms with Crippen LogP contribution in [0, 0.1) is 0 Å². The Labute approximate surface area is 188 Å². The summed E-state index contributed by atoms with van der Waals surface area (Å²) in [6.45, 7) is 5.17. The standard InChI is InChI=1S/C20H25NO12/c1-9(22)15-6-14(33-21-15)7-28-20-19(31-13(5)26)18(30-12(4)25)17(29-11(3)24)16(32-20)8-27-10(2)23/h6,16-20H,7-8H2,1-5H3/t16-,17+,18+,19-,20-/m1/s1. The number of ether oxygens (including phenoxy) is 6. The summed E-state index contributed by atoms with van der Waals surface area (Å²) in [4.78, 5) is 57.9. The van der Waals surface area contributed by atoms with Gasteiger partial charge in [0.15, 0.2) is 36.1 Å². The van der Waals surface area contributed by atoms with Crippen molar-refractivity contribution in [1.82, 2.24) is 5.16 Å². The van der Waals surface area contributed by atoms with Gasteiger partial charge in [-0.05, 0) is 0 Å². The molecule has 33 heavy (non-hydrogen) atoms. The first kappa shape index (κ1) is 25.9. The van der Waals surface area contributed by atoms with Crippen LogP contribution in [0.2, 0.25) is 0 Å². The van der Waals surface area contributed by atoms with Crippen molar-refractivity contribution < 1.29 is 56.9 Å². The number of aromatic nitrogens is 1. The highest BCUT2D eigenvalue weighted by molar-refractivity contribution is 5.91. The lowest BCUT2D eigenvalue weighted by Gasteiger charge is -2.43. The highest BCUT2D eigenvalue weighted by Crippen LogP contribution is 2.30. The molecule has 1 fully saturated rings. The first-order valence-electron chi connectivity index (χ1n) is 9.86. The molecule has 1 aromatic heterocycles. The van der Waals surface area contributed by atoms with E-state index in [9.17, 15) is 24.0 Å². The molecule has 0 bridgehead atoms. The van der Waals surface area contributed by atoms with Crippen LogP contribution in [0.1, 0.15) is 50.9 Å². The van der Waals surface area contributed by atoms with E-state index < -0.39 is 54.6 Å². The van der Waals surface area contributed by atoms with Gasteiger partial charge in [-0.2, -0.15) is 0 Å². The number of ketones is 1. The van der Waals surface area contributed by atoms with Crippen molar-refractivity contribution in [3.8, 4) is 0 Å². The molecular weight excluding hydrogens is 446 g/mol. The maximum Gasteiger partial charge on any atom is 0.303 e. The van der Waals surface area contributed by atoms with Crippen LogP contribution < -0.4 is 0 Å². The minimum absolute atomic E-state index is 0.0788. The molecule has 0 saturated carbocycles. The van der Waals surface area contributed by atoms with Crippen molar-refractivity contribution in [1.29, 1.82) is 0 Å². The van der Waals surface area contributed by atoms with Crippen LogP contribution in [0.5, 0.6) is 0 Å². The second-order valence-corrected chi connectivity index (χ2v) is 7.11. The monoisotopic (exact) mass is 471 g/mol. The summed E-state index contributed by atoms with van der Waals surface area (Å²) in [7, 11) is 0. The Morgan fingerprint density at radius 2 is 1.42 bits per heavy atom. The van der Waals surface area contributed by atoms with Gasteiger partial charge in [0.05, 0.1) is 0 Å². The quantitative estimate of drug-likeness (QED) is 0.277. The number of rotatable bonds is 9. The van der Waals surface area contributed by atoms with Gasteiger partial charge in [0, 0.05) is 40.7 Å². The molecule has 1 aliphatic heterocycles. The summed E-state index contributed by atoms with van der Waals surface area (Å²) in [6, 6.07) is 1.35. The average Bonchev–Trinajstić information content (AvgIpc) is 3.17. The zero-order valence-electron chi connectivity index (χ0n) is 18.7. The number of Topliss-reactive ketones (excluding diaryl/α,β-unsaturated/α-hetero) is 1. The van der Waals surface area contributed by atoms with E-state index in [4.69, 9.17) is 32.9 Å². The molecule has 0 aromatic carbocycles. The molecule has 5 atom stereocenters. The molecule has 0 aliphatic carbocycles. The molecule has 0 amide bonds. The van der Waals surface area contributed by atoms with Crippen molar-refractivity contribution in [3.05, 3.63) is 17.5 Å². The SMILES string of the molecule is CC(=O)OC[C@H]1O[C@@H](OCc2cc(C(C)=O)no2)[C@H](OC(C)=O)[C@@H](OC(C)=O)[C@H]1OC(C)=O. The van der Waals surface area contributed by atoms with Crippen molar-refractivity contribution in [2.75, 3.05) is 6.61 Å².